The van der Waals surface area contributed by atoms with E-state index in [2.05, 4.69) is 5.32 Å². The van der Waals surface area contributed by atoms with Gasteiger partial charge in [0.25, 0.3) is 5.91 Å². The van der Waals surface area contributed by atoms with Gasteiger partial charge in [0.1, 0.15) is 11.6 Å². The van der Waals surface area contributed by atoms with Crippen molar-refractivity contribution >= 4 is 34.9 Å². The molecule has 2 aromatic carbocycles. The van der Waals surface area contributed by atoms with Gasteiger partial charge < -0.3 is 10.1 Å². The van der Waals surface area contributed by atoms with Crippen LogP contribution in [0.5, 0.6) is 0 Å². The van der Waals surface area contributed by atoms with Gasteiger partial charge in [-0.2, -0.15) is 0 Å². The van der Waals surface area contributed by atoms with Gasteiger partial charge in [0.05, 0.1) is 12.1 Å². The molecule has 142 valence electrons. The molecule has 0 saturated carbocycles. The van der Waals surface area contributed by atoms with Crippen molar-refractivity contribution in [3.63, 3.8) is 0 Å². The Kier molecular flexibility index (Phi) is 7.01. The van der Waals surface area contributed by atoms with Crippen molar-refractivity contribution in [2.24, 2.45) is 0 Å². The van der Waals surface area contributed by atoms with Crippen molar-refractivity contribution in [1.29, 1.82) is 0 Å². The van der Waals surface area contributed by atoms with Crippen LogP contribution in [0.4, 0.5) is 14.5 Å². The van der Waals surface area contributed by atoms with E-state index in [1.807, 2.05) is 0 Å². The molecule has 0 aliphatic heterocycles. The molecule has 27 heavy (non-hydrogen) atoms. The molecule has 0 radical (unpaired) electrons. The Morgan fingerprint density at radius 2 is 1.74 bits per heavy atom. The molecular weight excluding hydrogens is 380 g/mol. The molecule has 1 atom stereocenters. The number of hydrogen-bond acceptors (Lipinski definition) is 4. The summed E-state index contributed by atoms with van der Waals surface area (Å²) in [5, 5.41) is 2.69. The molecule has 2 rings (SSSR count). The molecule has 0 aromatic heterocycles. The first-order valence-electron chi connectivity index (χ1n) is 8.00. The number of carbonyl (C=O) groups excluding carboxylic acids is 3. The van der Waals surface area contributed by atoms with E-state index in [-0.39, 0.29) is 24.3 Å². The van der Waals surface area contributed by atoms with Gasteiger partial charge in [0.15, 0.2) is 11.9 Å². The first kappa shape index (κ1) is 20.5. The van der Waals surface area contributed by atoms with Crippen molar-refractivity contribution in [3.05, 3.63) is 64.7 Å². The molecule has 1 amide bonds. The highest BCUT2D eigenvalue weighted by Crippen LogP contribution is 2.16. The highest BCUT2D eigenvalue weighted by Gasteiger charge is 2.20. The fraction of sp³-hybridized carbons (Fsp3) is 0.211. The third-order valence-electron chi connectivity index (χ3n) is 3.59. The first-order valence-corrected chi connectivity index (χ1v) is 8.38. The van der Waals surface area contributed by atoms with E-state index in [9.17, 15) is 23.2 Å². The number of carbonyl (C=O) groups is 3. The first-order chi connectivity index (χ1) is 12.8. The summed E-state index contributed by atoms with van der Waals surface area (Å²) in [5.74, 6) is -3.53. The molecule has 0 bridgehead atoms. The Morgan fingerprint density at radius 3 is 2.37 bits per heavy atom. The number of benzene rings is 2. The Hall–Kier alpha value is -2.80. The van der Waals surface area contributed by atoms with Crippen LogP contribution in [0, 0.1) is 11.6 Å². The second-order valence-corrected chi connectivity index (χ2v) is 6.11. The second kappa shape index (κ2) is 9.23. The number of amides is 1. The van der Waals surface area contributed by atoms with Crippen LogP contribution >= 0.6 is 11.6 Å². The number of halogens is 3. The molecule has 0 aliphatic rings. The average Bonchev–Trinajstić information content (AvgIpc) is 2.62. The van der Waals surface area contributed by atoms with Crippen LogP contribution in [-0.4, -0.2) is 23.8 Å². The van der Waals surface area contributed by atoms with E-state index in [0.717, 1.165) is 12.1 Å². The Bertz CT molecular complexity index is 855. The summed E-state index contributed by atoms with van der Waals surface area (Å²) in [7, 11) is 0. The lowest BCUT2D eigenvalue weighted by molar-refractivity contribution is -0.153. The molecule has 1 N–H and O–H groups in total. The van der Waals surface area contributed by atoms with Crippen LogP contribution in [-0.2, 0) is 14.3 Å². The molecule has 8 heteroatoms. The molecule has 2 aromatic rings. The molecule has 0 saturated heterocycles. The minimum Gasteiger partial charge on any atom is -0.453 e. The highest BCUT2D eigenvalue weighted by atomic mass is 35.5. The minimum atomic E-state index is -1.22. The van der Waals surface area contributed by atoms with E-state index in [0.29, 0.717) is 16.7 Å². The molecule has 0 heterocycles. The van der Waals surface area contributed by atoms with Crippen molar-refractivity contribution in [1.82, 2.24) is 0 Å². The summed E-state index contributed by atoms with van der Waals surface area (Å²) in [6.07, 6.45) is -1.53. The van der Waals surface area contributed by atoms with Crippen molar-refractivity contribution in [2.75, 3.05) is 5.32 Å². The average molecular weight is 396 g/mol. The summed E-state index contributed by atoms with van der Waals surface area (Å²) in [6.45, 7) is 1.30. The SMILES string of the molecule is CC(OC(=O)CCC(=O)c1ccc(Cl)cc1)C(=O)Nc1ccc(F)cc1F. The molecular formula is C19H16ClF2NO4. The molecule has 5 nitrogen and oxygen atoms in total. The predicted molar refractivity (Wildman–Crippen MR) is 95.6 cm³/mol. The van der Waals surface area contributed by atoms with E-state index in [4.69, 9.17) is 16.3 Å². The summed E-state index contributed by atoms with van der Waals surface area (Å²) in [5.41, 5.74) is 0.173. The van der Waals surface area contributed by atoms with E-state index in [1.54, 1.807) is 24.3 Å². The lowest BCUT2D eigenvalue weighted by Crippen LogP contribution is -2.30. The predicted octanol–water partition coefficient (Wildman–Crippen LogP) is 4.15. The third kappa shape index (κ3) is 6.14. The van der Waals surface area contributed by atoms with Gasteiger partial charge in [0.2, 0.25) is 0 Å². The zero-order valence-corrected chi connectivity index (χ0v) is 15.1. The Balaban J connectivity index is 1.82. The Morgan fingerprint density at radius 1 is 1.07 bits per heavy atom. The summed E-state index contributed by atoms with van der Waals surface area (Å²) >= 11 is 5.74. The number of ether oxygens (including phenoxy) is 1. The van der Waals surface area contributed by atoms with Crippen LogP contribution in [0.1, 0.15) is 30.1 Å². The number of Topliss-reactive ketones (excluding diaryl/α,β-unsaturated/α-hetero) is 1. The number of esters is 1. The number of ketones is 1. The maximum absolute atomic E-state index is 13.5. The zero-order chi connectivity index (χ0) is 20.0. The lowest BCUT2D eigenvalue weighted by Gasteiger charge is -2.14. The van der Waals surface area contributed by atoms with Gasteiger partial charge in [0, 0.05) is 23.1 Å². The minimum absolute atomic E-state index is 0.0958. The number of hydrogen-bond donors (Lipinski definition) is 1. The molecule has 1 unspecified atom stereocenters. The zero-order valence-electron chi connectivity index (χ0n) is 14.3. The molecule has 0 fully saturated rings. The van der Waals surface area contributed by atoms with Crippen LogP contribution in [0.15, 0.2) is 42.5 Å². The van der Waals surface area contributed by atoms with Crippen molar-refractivity contribution in [3.8, 4) is 0 Å². The maximum Gasteiger partial charge on any atom is 0.307 e. The maximum atomic E-state index is 13.5. The van der Waals surface area contributed by atoms with Crippen LogP contribution in [0.2, 0.25) is 5.02 Å². The topological polar surface area (TPSA) is 72.5 Å². The summed E-state index contributed by atoms with van der Waals surface area (Å²) in [4.78, 5) is 35.7. The van der Waals surface area contributed by atoms with E-state index >= 15 is 0 Å². The van der Waals surface area contributed by atoms with Gasteiger partial charge in [-0.15, -0.1) is 0 Å². The molecule has 0 spiro atoms. The number of anilines is 1. The van der Waals surface area contributed by atoms with Crippen molar-refractivity contribution in [2.45, 2.75) is 25.9 Å². The van der Waals surface area contributed by atoms with Gasteiger partial charge in [-0.3, -0.25) is 14.4 Å². The highest BCUT2D eigenvalue weighted by molar-refractivity contribution is 6.30. The Labute approximate surface area is 159 Å². The van der Waals surface area contributed by atoms with Crippen LogP contribution in [0.25, 0.3) is 0 Å². The normalized spacial score (nSPS) is 11.6. The molecule has 0 aliphatic carbocycles. The van der Waals surface area contributed by atoms with Crippen molar-refractivity contribution < 1.29 is 27.9 Å². The fourth-order valence-electron chi connectivity index (χ4n) is 2.13. The smallest absolute Gasteiger partial charge is 0.307 e. The standard InChI is InChI=1S/C19H16ClF2NO4/c1-11(19(26)23-16-7-6-14(21)10-15(16)22)27-18(25)9-8-17(24)12-2-4-13(20)5-3-12/h2-7,10-11H,8-9H2,1H3,(H,23,26). The fourth-order valence-corrected chi connectivity index (χ4v) is 2.26. The number of nitrogens with one attached hydrogen (secondary N) is 1. The van der Waals surface area contributed by atoms with Gasteiger partial charge in [-0.1, -0.05) is 11.6 Å². The monoisotopic (exact) mass is 395 g/mol. The number of rotatable bonds is 7. The van der Waals surface area contributed by atoms with Crippen LogP contribution < -0.4 is 5.32 Å². The second-order valence-electron chi connectivity index (χ2n) is 5.68. The van der Waals surface area contributed by atoms with E-state index < -0.39 is 29.6 Å². The van der Waals surface area contributed by atoms with E-state index in [1.165, 1.54) is 6.92 Å². The van der Waals surface area contributed by atoms with Gasteiger partial charge >= 0.3 is 5.97 Å². The quantitative estimate of drug-likeness (QED) is 0.564. The summed E-state index contributed by atoms with van der Waals surface area (Å²) in [6, 6.07) is 8.88. The summed E-state index contributed by atoms with van der Waals surface area (Å²) < 4.78 is 31.3. The van der Waals surface area contributed by atoms with Crippen LogP contribution in [0.3, 0.4) is 0 Å². The largest absolute Gasteiger partial charge is 0.453 e. The lowest BCUT2D eigenvalue weighted by atomic mass is 10.1. The van der Waals surface area contributed by atoms with Gasteiger partial charge in [-0.25, -0.2) is 8.78 Å². The third-order valence-corrected chi connectivity index (χ3v) is 3.84. The van der Waals surface area contributed by atoms with Gasteiger partial charge in [-0.05, 0) is 43.3 Å².